The van der Waals surface area contributed by atoms with Crippen LogP contribution in [0.1, 0.15) is 38.5 Å². The fourth-order valence-corrected chi connectivity index (χ4v) is 5.79. The van der Waals surface area contributed by atoms with Gasteiger partial charge in [0.05, 0.1) is 47.4 Å². The lowest BCUT2D eigenvalue weighted by atomic mass is 9.87. The van der Waals surface area contributed by atoms with E-state index in [0.717, 1.165) is 57.5 Å². The molecule has 1 amide bonds. The molecule has 0 saturated heterocycles. The molecule has 3 N–H and O–H groups in total. The number of hydrogen-bond acceptors (Lipinski definition) is 7. The predicted octanol–water partition coefficient (Wildman–Crippen LogP) is 6.54. The minimum absolute atomic E-state index is 0.0362. The highest BCUT2D eigenvalue weighted by molar-refractivity contribution is 5.96. The first kappa shape index (κ1) is 25.8. The van der Waals surface area contributed by atoms with E-state index in [1.54, 1.807) is 31.9 Å². The highest BCUT2D eigenvalue weighted by atomic mass is 16.5. The van der Waals surface area contributed by atoms with Gasteiger partial charge in [-0.05, 0) is 54.7 Å². The average Bonchev–Trinajstić information content (AvgIpc) is 3.65. The van der Waals surface area contributed by atoms with Crippen molar-refractivity contribution in [1.29, 1.82) is 0 Å². The SMILES string of the molecule is COc1cccc(-c2cncc3[nH]c(-c4n[nH]c5ccc(-c6cncc(NC(=O)CC7CCCCC7)c6)nc45)nc23)c1. The predicted molar refractivity (Wildman–Crippen MR) is 162 cm³/mol. The third-order valence-electron chi connectivity index (χ3n) is 7.92. The number of aromatic nitrogens is 7. The van der Waals surface area contributed by atoms with Crippen molar-refractivity contribution in [2.45, 2.75) is 38.5 Å². The second kappa shape index (κ2) is 11.0. The van der Waals surface area contributed by atoms with Gasteiger partial charge in [0.1, 0.15) is 11.3 Å². The molecule has 42 heavy (non-hydrogen) atoms. The fourth-order valence-electron chi connectivity index (χ4n) is 5.79. The van der Waals surface area contributed by atoms with Gasteiger partial charge in [0, 0.05) is 29.9 Å². The van der Waals surface area contributed by atoms with Gasteiger partial charge >= 0.3 is 0 Å². The second-order valence-electron chi connectivity index (χ2n) is 10.8. The smallest absolute Gasteiger partial charge is 0.224 e. The molecule has 5 heterocycles. The number of nitrogens with one attached hydrogen (secondary N) is 3. The molecule has 0 unspecified atom stereocenters. The molecule has 1 saturated carbocycles. The summed E-state index contributed by atoms with van der Waals surface area (Å²) in [6, 6.07) is 13.6. The lowest BCUT2D eigenvalue weighted by Gasteiger charge is -2.20. The number of carbonyl (C=O) groups is 1. The van der Waals surface area contributed by atoms with Crippen LogP contribution >= 0.6 is 0 Å². The van der Waals surface area contributed by atoms with Gasteiger partial charge in [-0.25, -0.2) is 9.97 Å². The molecule has 0 spiro atoms. The Bertz CT molecular complexity index is 1900. The summed E-state index contributed by atoms with van der Waals surface area (Å²) in [6.07, 6.45) is 13.5. The maximum Gasteiger partial charge on any atom is 0.224 e. The van der Waals surface area contributed by atoms with Crippen molar-refractivity contribution in [3.63, 3.8) is 0 Å². The average molecular weight is 559 g/mol. The second-order valence-corrected chi connectivity index (χ2v) is 10.8. The van der Waals surface area contributed by atoms with Crippen LogP contribution in [-0.2, 0) is 4.79 Å². The highest BCUT2D eigenvalue weighted by Crippen LogP contribution is 2.33. The summed E-state index contributed by atoms with van der Waals surface area (Å²) in [4.78, 5) is 34.7. The van der Waals surface area contributed by atoms with Crippen molar-refractivity contribution in [2.24, 2.45) is 5.92 Å². The number of amides is 1. The Balaban J connectivity index is 1.19. The molecular formula is C32H30N8O2. The Hall–Kier alpha value is -5.12. The first-order valence-corrected chi connectivity index (χ1v) is 14.2. The van der Waals surface area contributed by atoms with Crippen molar-refractivity contribution >= 4 is 33.7 Å². The standard InChI is InChI=1S/C32H30N8O2/c1-42-23-9-5-8-20(14-23)24-17-34-18-27-29(24)38-32(37-27)31-30-26(39-40-31)11-10-25(36-30)21-13-22(16-33-15-21)35-28(41)12-19-6-3-2-4-7-19/h5,8-11,13-19H,2-4,6-7,12H2,1H3,(H,35,41)(H,37,38)(H,39,40). The highest BCUT2D eigenvalue weighted by Gasteiger charge is 2.19. The van der Waals surface area contributed by atoms with E-state index in [9.17, 15) is 4.79 Å². The van der Waals surface area contributed by atoms with Crippen LogP contribution in [0.5, 0.6) is 5.75 Å². The van der Waals surface area contributed by atoms with Crippen LogP contribution in [0.3, 0.4) is 0 Å². The van der Waals surface area contributed by atoms with Gasteiger partial charge in [-0.2, -0.15) is 5.10 Å². The summed E-state index contributed by atoms with van der Waals surface area (Å²) >= 11 is 0. The van der Waals surface area contributed by atoms with Gasteiger partial charge < -0.3 is 15.0 Å². The van der Waals surface area contributed by atoms with Crippen LogP contribution in [0, 0.1) is 5.92 Å². The third kappa shape index (κ3) is 5.07. The first-order chi connectivity index (χ1) is 20.6. The maximum absolute atomic E-state index is 12.7. The largest absolute Gasteiger partial charge is 0.497 e. The normalized spacial score (nSPS) is 13.9. The van der Waals surface area contributed by atoms with E-state index in [2.05, 4.69) is 30.5 Å². The topological polar surface area (TPSA) is 134 Å². The number of nitrogens with zero attached hydrogens (tertiary/aromatic N) is 5. The molecule has 0 aliphatic heterocycles. The van der Waals surface area contributed by atoms with Crippen LogP contribution < -0.4 is 10.1 Å². The molecule has 0 atom stereocenters. The van der Waals surface area contributed by atoms with Gasteiger partial charge in [-0.15, -0.1) is 0 Å². The number of carbonyl (C=O) groups excluding carboxylic acids is 1. The quantitative estimate of drug-likeness (QED) is 0.202. The van der Waals surface area contributed by atoms with Crippen LogP contribution in [0.15, 0.2) is 67.3 Å². The van der Waals surface area contributed by atoms with E-state index >= 15 is 0 Å². The Morgan fingerprint density at radius 3 is 2.69 bits per heavy atom. The molecule has 10 nitrogen and oxygen atoms in total. The molecule has 6 aromatic rings. The van der Waals surface area contributed by atoms with Gasteiger partial charge in [0.15, 0.2) is 11.5 Å². The van der Waals surface area contributed by atoms with Gasteiger partial charge in [-0.3, -0.25) is 19.9 Å². The fraction of sp³-hybridized carbons (Fsp3) is 0.250. The summed E-state index contributed by atoms with van der Waals surface area (Å²) in [5, 5.41) is 10.6. The molecule has 1 aliphatic rings. The molecule has 210 valence electrons. The van der Waals surface area contributed by atoms with Crippen LogP contribution in [0.2, 0.25) is 0 Å². The lowest BCUT2D eigenvalue weighted by molar-refractivity contribution is -0.117. The summed E-state index contributed by atoms with van der Waals surface area (Å²) in [7, 11) is 1.65. The van der Waals surface area contributed by atoms with E-state index in [-0.39, 0.29) is 5.91 Å². The minimum atomic E-state index is 0.0362. The number of fused-ring (bicyclic) bond motifs is 2. The summed E-state index contributed by atoms with van der Waals surface area (Å²) < 4.78 is 5.41. The van der Waals surface area contributed by atoms with E-state index < -0.39 is 0 Å². The molecule has 7 rings (SSSR count). The van der Waals surface area contributed by atoms with Crippen molar-refractivity contribution in [1.82, 2.24) is 35.1 Å². The number of pyridine rings is 3. The Kier molecular flexibility index (Phi) is 6.79. The lowest BCUT2D eigenvalue weighted by Crippen LogP contribution is -2.18. The number of rotatable bonds is 7. The zero-order valence-corrected chi connectivity index (χ0v) is 23.2. The monoisotopic (exact) mass is 558 g/mol. The molecule has 0 bridgehead atoms. The Morgan fingerprint density at radius 1 is 0.929 bits per heavy atom. The van der Waals surface area contributed by atoms with Crippen molar-refractivity contribution < 1.29 is 9.53 Å². The van der Waals surface area contributed by atoms with Crippen LogP contribution in [0.4, 0.5) is 5.69 Å². The number of ether oxygens (including phenoxy) is 1. The summed E-state index contributed by atoms with van der Waals surface area (Å²) in [5.74, 6) is 1.85. The number of H-pyrrole nitrogens is 2. The number of imidazole rings is 1. The van der Waals surface area contributed by atoms with Crippen molar-refractivity contribution in [3.05, 3.63) is 67.3 Å². The number of benzene rings is 1. The third-order valence-corrected chi connectivity index (χ3v) is 7.92. The van der Waals surface area contributed by atoms with E-state index in [0.29, 0.717) is 35.1 Å². The Morgan fingerprint density at radius 2 is 1.81 bits per heavy atom. The number of anilines is 1. The Labute approximate surface area is 242 Å². The van der Waals surface area contributed by atoms with Crippen molar-refractivity contribution in [3.8, 4) is 39.7 Å². The zero-order chi connectivity index (χ0) is 28.5. The first-order valence-electron chi connectivity index (χ1n) is 14.2. The molecule has 10 heteroatoms. The van der Waals surface area contributed by atoms with Crippen LogP contribution in [-0.4, -0.2) is 48.1 Å². The summed E-state index contributed by atoms with van der Waals surface area (Å²) in [5.41, 5.74) is 7.65. The number of hydrogen-bond donors (Lipinski definition) is 3. The number of aromatic amines is 2. The molecule has 1 aliphatic carbocycles. The van der Waals surface area contributed by atoms with Crippen molar-refractivity contribution in [2.75, 3.05) is 12.4 Å². The zero-order valence-electron chi connectivity index (χ0n) is 23.2. The van der Waals surface area contributed by atoms with Gasteiger partial charge in [0.2, 0.25) is 5.91 Å². The molecule has 1 aromatic carbocycles. The van der Waals surface area contributed by atoms with E-state index in [4.69, 9.17) is 14.7 Å². The van der Waals surface area contributed by atoms with E-state index in [1.807, 2.05) is 42.5 Å². The molecular weight excluding hydrogens is 528 g/mol. The van der Waals surface area contributed by atoms with Gasteiger partial charge in [-0.1, -0.05) is 31.4 Å². The maximum atomic E-state index is 12.7. The van der Waals surface area contributed by atoms with E-state index in [1.165, 1.54) is 19.3 Å². The molecule has 5 aromatic heterocycles. The van der Waals surface area contributed by atoms with Crippen LogP contribution in [0.25, 0.3) is 56.0 Å². The molecule has 1 fully saturated rings. The minimum Gasteiger partial charge on any atom is -0.497 e. The summed E-state index contributed by atoms with van der Waals surface area (Å²) in [6.45, 7) is 0. The molecule has 0 radical (unpaired) electrons. The number of methoxy groups -OCH3 is 1. The van der Waals surface area contributed by atoms with Gasteiger partial charge in [0.25, 0.3) is 0 Å².